The van der Waals surface area contributed by atoms with E-state index in [-0.39, 0.29) is 11.8 Å². The van der Waals surface area contributed by atoms with Crippen LogP contribution in [0.4, 0.5) is 0 Å². The molecule has 0 spiro atoms. The molecule has 0 bridgehead atoms. The smallest absolute Gasteiger partial charge is 0.226 e. The van der Waals surface area contributed by atoms with Gasteiger partial charge in [0.2, 0.25) is 5.91 Å². The SMILES string of the molecule is Cc1ncc2n1CCC(C(=O)N1CCc3c(ncn3-c3ccccc3)C1)C2. The molecule has 6 heteroatoms. The van der Waals surface area contributed by atoms with Gasteiger partial charge in [0.25, 0.3) is 0 Å². The molecule has 0 saturated heterocycles. The monoisotopic (exact) mass is 361 g/mol. The van der Waals surface area contributed by atoms with E-state index in [2.05, 4.69) is 31.2 Å². The van der Waals surface area contributed by atoms with E-state index in [0.29, 0.717) is 6.54 Å². The van der Waals surface area contributed by atoms with Gasteiger partial charge in [-0.2, -0.15) is 0 Å². The van der Waals surface area contributed by atoms with E-state index in [1.54, 1.807) is 0 Å². The van der Waals surface area contributed by atoms with Gasteiger partial charge >= 0.3 is 0 Å². The molecule has 27 heavy (non-hydrogen) atoms. The summed E-state index contributed by atoms with van der Waals surface area (Å²) in [5.74, 6) is 1.37. The molecule has 1 unspecified atom stereocenters. The van der Waals surface area contributed by atoms with Gasteiger partial charge in [-0.3, -0.25) is 4.79 Å². The zero-order valence-electron chi connectivity index (χ0n) is 15.5. The minimum Gasteiger partial charge on any atom is -0.336 e. The second-order valence-corrected chi connectivity index (χ2v) is 7.49. The number of benzene rings is 1. The highest BCUT2D eigenvalue weighted by molar-refractivity contribution is 5.79. The number of imidazole rings is 2. The van der Waals surface area contributed by atoms with Crippen molar-refractivity contribution in [2.24, 2.45) is 5.92 Å². The molecular weight excluding hydrogens is 338 g/mol. The van der Waals surface area contributed by atoms with Crippen molar-refractivity contribution in [2.75, 3.05) is 6.54 Å². The Morgan fingerprint density at radius 3 is 2.85 bits per heavy atom. The average Bonchev–Trinajstić information content (AvgIpc) is 3.31. The third-order valence-electron chi connectivity index (χ3n) is 5.90. The topological polar surface area (TPSA) is 56.0 Å². The van der Waals surface area contributed by atoms with E-state index < -0.39 is 0 Å². The number of hydrogen-bond donors (Lipinski definition) is 0. The lowest BCUT2D eigenvalue weighted by molar-refractivity contribution is -0.137. The summed E-state index contributed by atoms with van der Waals surface area (Å²) in [7, 11) is 0. The van der Waals surface area contributed by atoms with E-state index in [1.807, 2.05) is 42.5 Å². The predicted molar refractivity (Wildman–Crippen MR) is 101 cm³/mol. The van der Waals surface area contributed by atoms with Gasteiger partial charge in [0.15, 0.2) is 0 Å². The molecule has 0 fully saturated rings. The molecule has 5 rings (SSSR count). The molecule has 2 aromatic heterocycles. The fraction of sp³-hybridized carbons (Fsp3) is 0.381. The first-order valence-corrected chi connectivity index (χ1v) is 9.61. The van der Waals surface area contributed by atoms with Crippen LogP contribution in [0.5, 0.6) is 0 Å². The zero-order valence-corrected chi connectivity index (χ0v) is 15.5. The van der Waals surface area contributed by atoms with Gasteiger partial charge in [0.05, 0.1) is 18.6 Å². The Morgan fingerprint density at radius 2 is 2.00 bits per heavy atom. The van der Waals surface area contributed by atoms with Crippen molar-refractivity contribution < 1.29 is 4.79 Å². The Kier molecular flexibility index (Phi) is 3.85. The molecule has 0 aliphatic carbocycles. The van der Waals surface area contributed by atoms with E-state index in [4.69, 9.17) is 0 Å². The van der Waals surface area contributed by atoms with Crippen molar-refractivity contribution >= 4 is 5.91 Å². The molecule has 3 aromatic rings. The number of amides is 1. The molecule has 1 aromatic carbocycles. The average molecular weight is 361 g/mol. The first-order chi connectivity index (χ1) is 13.2. The van der Waals surface area contributed by atoms with Gasteiger partial charge < -0.3 is 14.0 Å². The second kappa shape index (κ2) is 6.37. The third kappa shape index (κ3) is 2.76. The van der Waals surface area contributed by atoms with Crippen LogP contribution < -0.4 is 0 Å². The van der Waals surface area contributed by atoms with Crippen molar-refractivity contribution in [3.05, 3.63) is 65.8 Å². The van der Waals surface area contributed by atoms with Crippen LogP contribution in [0.2, 0.25) is 0 Å². The van der Waals surface area contributed by atoms with E-state index >= 15 is 0 Å². The molecule has 1 atom stereocenters. The first-order valence-electron chi connectivity index (χ1n) is 9.61. The summed E-state index contributed by atoms with van der Waals surface area (Å²) in [4.78, 5) is 24.1. The molecule has 4 heterocycles. The summed E-state index contributed by atoms with van der Waals surface area (Å²) in [6.45, 7) is 4.29. The van der Waals surface area contributed by atoms with Crippen molar-refractivity contribution in [1.82, 2.24) is 24.0 Å². The number of aryl methyl sites for hydroxylation is 1. The number of hydrogen-bond acceptors (Lipinski definition) is 3. The number of fused-ring (bicyclic) bond motifs is 2. The fourth-order valence-corrected chi connectivity index (χ4v) is 4.40. The number of carbonyl (C=O) groups excluding carboxylic acids is 1. The second-order valence-electron chi connectivity index (χ2n) is 7.49. The fourth-order valence-electron chi connectivity index (χ4n) is 4.40. The summed E-state index contributed by atoms with van der Waals surface area (Å²) < 4.78 is 4.39. The van der Waals surface area contributed by atoms with Crippen LogP contribution in [0.15, 0.2) is 42.9 Å². The lowest BCUT2D eigenvalue weighted by Crippen LogP contribution is -2.42. The van der Waals surface area contributed by atoms with Gasteiger partial charge in [0, 0.05) is 55.1 Å². The van der Waals surface area contributed by atoms with Crippen molar-refractivity contribution in [2.45, 2.75) is 39.3 Å². The highest BCUT2D eigenvalue weighted by Gasteiger charge is 2.32. The van der Waals surface area contributed by atoms with Crippen LogP contribution in [-0.2, 0) is 30.7 Å². The van der Waals surface area contributed by atoms with Gasteiger partial charge in [-0.25, -0.2) is 9.97 Å². The summed E-state index contributed by atoms with van der Waals surface area (Å²) in [6.07, 6.45) is 6.34. The lowest BCUT2D eigenvalue weighted by atomic mass is 9.94. The first kappa shape index (κ1) is 16.3. The Hall–Kier alpha value is -2.89. The predicted octanol–water partition coefficient (Wildman–Crippen LogP) is 2.52. The van der Waals surface area contributed by atoms with Crippen LogP contribution in [0.25, 0.3) is 5.69 Å². The van der Waals surface area contributed by atoms with Crippen LogP contribution in [0, 0.1) is 12.8 Å². The molecule has 0 N–H and O–H groups in total. The number of rotatable bonds is 2. The largest absolute Gasteiger partial charge is 0.336 e. The summed E-state index contributed by atoms with van der Waals surface area (Å²) >= 11 is 0. The maximum atomic E-state index is 13.1. The standard InChI is InChI=1S/C21H23N5O/c1-15-22-12-18-11-16(7-10-25(15)18)21(27)24-9-8-20-19(13-24)23-14-26(20)17-5-3-2-4-6-17/h2-6,12,14,16H,7-11,13H2,1H3. The Balaban J connectivity index is 1.33. The summed E-state index contributed by atoms with van der Waals surface area (Å²) in [5, 5.41) is 0. The Bertz CT molecular complexity index is 987. The number of para-hydroxylation sites is 1. The van der Waals surface area contributed by atoms with E-state index in [9.17, 15) is 4.79 Å². The maximum Gasteiger partial charge on any atom is 0.226 e. The van der Waals surface area contributed by atoms with Crippen molar-refractivity contribution in [3.8, 4) is 5.69 Å². The molecule has 1 amide bonds. The van der Waals surface area contributed by atoms with Crippen LogP contribution in [0.1, 0.15) is 29.3 Å². The van der Waals surface area contributed by atoms with Crippen molar-refractivity contribution in [1.29, 1.82) is 0 Å². The molecule has 138 valence electrons. The minimum atomic E-state index is 0.0614. The van der Waals surface area contributed by atoms with Crippen LogP contribution in [-0.4, -0.2) is 36.5 Å². The Morgan fingerprint density at radius 1 is 1.15 bits per heavy atom. The van der Waals surface area contributed by atoms with Gasteiger partial charge in [-0.05, 0) is 25.5 Å². The Labute approximate surface area is 158 Å². The molecule has 2 aliphatic heterocycles. The van der Waals surface area contributed by atoms with Crippen LogP contribution in [0.3, 0.4) is 0 Å². The lowest BCUT2D eigenvalue weighted by Gasteiger charge is -2.32. The van der Waals surface area contributed by atoms with E-state index in [1.165, 1.54) is 11.4 Å². The highest BCUT2D eigenvalue weighted by Crippen LogP contribution is 2.27. The number of carbonyl (C=O) groups is 1. The summed E-state index contributed by atoms with van der Waals surface area (Å²) in [6, 6.07) is 10.3. The van der Waals surface area contributed by atoms with Gasteiger partial charge in [-0.1, -0.05) is 18.2 Å². The number of aromatic nitrogens is 4. The van der Waals surface area contributed by atoms with Crippen molar-refractivity contribution in [3.63, 3.8) is 0 Å². The third-order valence-corrected chi connectivity index (χ3v) is 5.90. The van der Waals surface area contributed by atoms with E-state index in [0.717, 1.165) is 49.6 Å². The molecule has 2 aliphatic rings. The highest BCUT2D eigenvalue weighted by atomic mass is 16.2. The molecular formula is C21H23N5O. The minimum absolute atomic E-state index is 0.0614. The quantitative estimate of drug-likeness (QED) is 0.705. The van der Waals surface area contributed by atoms with Gasteiger partial charge in [-0.15, -0.1) is 0 Å². The molecule has 6 nitrogen and oxygen atoms in total. The normalized spacial score (nSPS) is 18.9. The maximum absolute atomic E-state index is 13.1. The number of nitrogens with zero attached hydrogens (tertiary/aromatic N) is 5. The van der Waals surface area contributed by atoms with Gasteiger partial charge in [0.1, 0.15) is 5.82 Å². The van der Waals surface area contributed by atoms with Crippen LogP contribution >= 0.6 is 0 Å². The zero-order chi connectivity index (χ0) is 18.4. The molecule has 0 radical (unpaired) electrons. The summed E-state index contributed by atoms with van der Waals surface area (Å²) in [5.41, 5.74) is 4.56. The molecule has 0 saturated carbocycles.